The molecule has 0 amide bonds. The van der Waals surface area contributed by atoms with E-state index in [0.717, 1.165) is 23.6 Å². The molecule has 0 radical (unpaired) electrons. The van der Waals surface area contributed by atoms with Crippen molar-refractivity contribution in [3.05, 3.63) is 64.7 Å². The highest BCUT2D eigenvalue weighted by Gasteiger charge is 2.03. The zero-order valence-electron chi connectivity index (χ0n) is 11.5. The normalized spacial score (nSPS) is 12.2. The van der Waals surface area contributed by atoms with Gasteiger partial charge in [0.05, 0.1) is 0 Å². The minimum absolute atomic E-state index is 0.446. The lowest BCUT2D eigenvalue weighted by Crippen LogP contribution is -2.15. The van der Waals surface area contributed by atoms with Gasteiger partial charge in [-0.05, 0) is 56.5 Å². The number of rotatable bonds is 5. The maximum absolute atomic E-state index is 5.88. The molecule has 1 atom stereocenters. The summed E-state index contributed by atoms with van der Waals surface area (Å²) in [6.45, 7) is 4.35. The van der Waals surface area contributed by atoms with Crippen LogP contribution in [-0.2, 0) is 6.42 Å². The van der Waals surface area contributed by atoms with Crippen LogP contribution in [0.5, 0.6) is 0 Å². The van der Waals surface area contributed by atoms with Gasteiger partial charge in [0.1, 0.15) is 0 Å². The third kappa shape index (κ3) is 4.60. The summed E-state index contributed by atoms with van der Waals surface area (Å²) in [5.74, 6) is 0. The first-order valence-corrected chi connectivity index (χ1v) is 7.09. The van der Waals surface area contributed by atoms with Crippen molar-refractivity contribution in [2.75, 3.05) is 5.32 Å². The minimum atomic E-state index is 0.446. The zero-order valence-corrected chi connectivity index (χ0v) is 12.2. The average Bonchev–Trinajstić information content (AvgIpc) is 2.39. The molecule has 1 N–H and O–H groups in total. The van der Waals surface area contributed by atoms with Crippen LogP contribution in [0.4, 0.5) is 5.69 Å². The molecule has 19 heavy (non-hydrogen) atoms. The lowest BCUT2D eigenvalue weighted by molar-refractivity contribution is 0.706. The Bertz CT molecular complexity index is 519. The summed E-state index contributed by atoms with van der Waals surface area (Å²) >= 11 is 5.88. The highest BCUT2D eigenvalue weighted by atomic mass is 35.5. The van der Waals surface area contributed by atoms with Crippen LogP contribution < -0.4 is 5.32 Å². The molecule has 0 saturated heterocycles. The van der Waals surface area contributed by atoms with Crippen molar-refractivity contribution in [1.29, 1.82) is 0 Å². The fourth-order valence-electron chi connectivity index (χ4n) is 2.15. The smallest absolute Gasteiger partial charge is 0.0407 e. The topological polar surface area (TPSA) is 12.0 Å². The van der Waals surface area contributed by atoms with Crippen LogP contribution >= 0.6 is 11.6 Å². The second-order valence-electron chi connectivity index (χ2n) is 5.08. The molecule has 2 aromatic carbocycles. The van der Waals surface area contributed by atoms with Crippen molar-refractivity contribution in [1.82, 2.24) is 0 Å². The molecule has 0 aliphatic heterocycles. The molecule has 0 fully saturated rings. The van der Waals surface area contributed by atoms with E-state index in [0.29, 0.717) is 6.04 Å². The summed E-state index contributed by atoms with van der Waals surface area (Å²) in [7, 11) is 0. The van der Waals surface area contributed by atoms with Gasteiger partial charge in [-0.3, -0.25) is 0 Å². The summed E-state index contributed by atoms with van der Waals surface area (Å²) in [6, 6.07) is 17.0. The first-order chi connectivity index (χ1) is 9.13. The predicted octanol–water partition coefficient (Wildman–Crippen LogP) is 5.08. The highest BCUT2D eigenvalue weighted by Crippen LogP contribution is 2.16. The fourth-order valence-corrected chi connectivity index (χ4v) is 2.28. The van der Waals surface area contributed by atoms with Gasteiger partial charge in [0, 0.05) is 16.8 Å². The average molecular weight is 274 g/mol. The zero-order chi connectivity index (χ0) is 13.7. The third-order valence-electron chi connectivity index (χ3n) is 3.21. The van der Waals surface area contributed by atoms with Gasteiger partial charge in [0.25, 0.3) is 0 Å². The largest absolute Gasteiger partial charge is 0.383 e. The summed E-state index contributed by atoms with van der Waals surface area (Å²) in [5, 5.41) is 4.27. The van der Waals surface area contributed by atoms with Gasteiger partial charge < -0.3 is 5.32 Å². The summed E-state index contributed by atoms with van der Waals surface area (Å²) in [6.07, 6.45) is 2.22. The van der Waals surface area contributed by atoms with Crippen LogP contribution in [0, 0.1) is 6.92 Å². The molecule has 100 valence electrons. The van der Waals surface area contributed by atoms with Crippen molar-refractivity contribution < 1.29 is 0 Å². The number of anilines is 1. The maximum Gasteiger partial charge on any atom is 0.0407 e. The monoisotopic (exact) mass is 273 g/mol. The Morgan fingerprint density at radius 3 is 2.53 bits per heavy atom. The Morgan fingerprint density at radius 2 is 1.84 bits per heavy atom. The Labute approximate surface area is 120 Å². The molecule has 2 aromatic rings. The molecular formula is C17H20ClN. The quantitative estimate of drug-likeness (QED) is 0.801. The lowest BCUT2D eigenvalue weighted by atomic mass is 10.0. The Hall–Kier alpha value is -1.47. The van der Waals surface area contributed by atoms with Crippen LogP contribution in [0.15, 0.2) is 48.5 Å². The van der Waals surface area contributed by atoms with Crippen molar-refractivity contribution in [2.45, 2.75) is 32.7 Å². The van der Waals surface area contributed by atoms with Gasteiger partial charge in [0.15, 0.2) is 0 Å². The number of halogens is 1. The Balaban J connectivity index is 1.84. The molecule has 1 unspecified atom stereocenters. The number of aryl methyl sites for hydroxylation is 2. The van der Waals surface area contributed by atoms with Crippen molar-refractivity contribution in [3.8, 4) is 0 Å². The van der Waals surface area contributed by atoms with Crippen LogP contribution in [0.3, 0.4) is 0 Å². The van der Waals surface area contributed by atoms with E-state index in [2.05, 4.69) is 43.4 Å². The van der Waals surface area contributed by atoms with E-state index in [4.69, 9.17) is 11.6 Å². The fraction of sp³-hybridized carbons (Fsp3) is 0.294. The van der Waals surface area contributed by atoms with E-state index in [-0.39, 0.29) is 0 Å². The molecule has 2 heteroatoms. The van der Waals surface area contributed by atoms with E-state index in [1.807, 2.05) is 24.3 Å². The molecule has 0 saturated carbocycles. The number of benzene rings is 2. The predicted molar refractivity (Wildman–Crippen MR) is 84.0 cm³/mol. The van der Waals surface area contributed by atoms with Gasteiger partial charge in [-0.1, -0.05) is 41.4 Å². The van der Waals surface area contributed by atoms with E-state index in [1.54, 1.807) is 0 Å². The summed E-state index contributed by atoms with van der Waals surface area (Å²) in [5.41, 5.74) is 3.86. The Kier molecular flexibility index (Phi) is 4.86. The second-order valence-corrected chi connectivity index (χ2v) is 5.52. The van der Waals surface area contributed by atoms with Gasteiger partial charge in [-0.15, -0.1) is 0 Å². The van der Waals surface area contributed by atoms with E-state index in [9.17, 15) is 0 Å². The highest BCUT2D eigenvalue weighted by molar-refractivity contribution is 6.30. The van der Waals surface area contributed by atoms with Crippen LogP contribution in [-0.4, -0.2) is 6.04 Å². The number of hydrogen-bond acceptors (Lipinski definition) is 1. The van der Waals surface area contributed by atoms with Crippen molar-refractivity contribution in [2.24, 2.45) is 0 Å². The molecule has 0 aliphatic rings. The van der Waals surface area contributed by atoms with Gasteiger partial charge in [-0.2, -0.15) is 0 Å². The van der Waals surface area contributed by atoms with E-state index in [1.165, 1.54) is 11.1 Å². The molecule has 0 aromatic heterocycles. The van der Waals surface area contributed by atoms with Crippen LogP contribution in [0.25, 0.3) is 0 Å². The van der Waals surface area contributed by atoms with Gasteiger partial charge >= 0.3 is 0 Å². The molecule has 0 heterocycles. The van der Waals surface area contributed by atoms with E-state index >= 15 is 0 Å². The molecule has 0 spiro atoms. The van der Waals surface area contributed by atoms with E-state index < -0.39 is 0 Å². The summed E-state index contributed by atoms with van der Waals surface area (Å²) in [4.78, 5) is 0. The second kappa shape index (κ2) is 6.63. The SMILES string of the molecule is Cc1cccc(CCC(C)Nc2ccc(Cl)cc2)c1. The maximum atomic E-state index is 5.88. The first-order valence-electron chi connectivity index (χ1n) is 6.71. The molecule has 0 aliphatic carbocycles. The summed E-state index contributed by atoms with van der Waals surface area (Å²) < 4.78 is 0. The molecule has 1 nitrogen and oxygen atoms in total. The molecule has 0 bridgehead atoms. The van der Waals surface area contributed by atoms with Gasteiger partial charge in [-0.25, -0.2) is 0 Å². The first kappa shape index (κ1) is 14.0. The van der Waals surface area contributed by atoms with Crippen molar-refractivity contribution in [3.63, 3.8) is 0 Å². The third-order valence-corrected chi connectivity index (χ3v) is 3.46. The Morgan fingerprint density at radius 1 is 1.11 bits per heavy atom. The van der Waals surface area contributed by atoms with Gasteiger partial charge in [0.2, 0.25) is 0 Å². The van der Waals surface area contributed by atoms with Crippen molar-refractivity contribution >= 4 is 17.3 Å². The number of nitrogens with one attached hydrogen (secondary N) is 1. The standard InChI is InChI=1S/C17H20ClN/c1-13-4-3-5-15(12-13)7-6-14(2)19-17-10-8-16(18)9-11-17/h3-5,8-12,14,19H,6-7H2,1-2H3. The number of hydrogen-bond donors (Lipinski definition) is 1. The van der Waals surface area contributed by atoms with Crippen LogP contribution in [0.1, 0.15) is 24.5 Å². The lowest BCUT2D eigenvalue weighted by Gasteiger charge is -2.15. The van der Waals surface area contributed by atoms with Crippen LogP contribution in [0.2, 0.25) is 5.02 Å². The molecular weight excluding hydrogens is 254 g/mol. The minimum Gasteiger partial charge on any atom is -0.383 e. The molecule has 2 rings (SSSR count).